The van der Waals surface area contributed by atoms with E-state index >= 15 is 0 Å². The molecule has 1 heterocycles. The molecule has 1 aromatic heterocycles. The normalized spacial score (nSPS) is 24.8. The summed E-state index contributed by atoms with van der Waals surface area (Å²) in [5.74, 6) is -0.816. The summed E-state index contributed by atoms with van der Waals surface area (Å²) >= 11 is 1.75. The van der Waals surface area contributed by atoms with Crippen LogP contribution in [0, 0.1) is 5.92 Å². The topological polar surface area (TPSA) is 49.3 Å². The van der Waals surface area contributed by atoms with Crippen LogP contribution < -0.4 is 5.32 Å². The van der Waals surface area contributed by atoms with Crippen molar-refractivity contribution in [2.45, 2.75) is 25.3 Å². The van der Waals surface area contributed by atoms with E-state index in [0.717, 1.165) is 25.8 Å². The predicted octanol–water partition coefficient (Wildman–Crippen LogP) is 1.74. The summed E-state index contributed by atoms with van der Waals surface area (Å²) in [5, 5.41) is 14.2. The van der Waals surface area contributed by atoms with Gasteiger partial charge in [-0.1, -0.05) is 6.07 Å². The molecule has 0 bridgehead atoms. The molecule has 0 radical (unpaired) electrons. The molecule has 1 fully saturated rings. The van der Waals surface area contributed by atoms with Crippen molar-refractivity contribution in [1.29, 1.82) is 0 Å². The molecule has 2 rings (SSSR count). The van der Waals surface area contributed by atoms with E-state index < -0.39 is 5.97 Å². The minimum absolute atomic E-state index is 0.159. The van der Waals surface area contributed by atoms with Gasteiger partial charge in [0.05, 0.1) is 5.92 Å². The van der Waals surface area contributed by atoms with Gasteiger partial charge in [0.15, 0.2) is 0 Å². The SMILES string of the molecule is O=C(O)C1CCC1NCCc1cccs1. The van der Waals surface area contributed by atoms with Crippen molar-refractivity contribution in [3.8, 4) is 0 Å². The number of carboxylic acids is 1. The number of hydrogen-bond donors (Lipinski definition) is 2. The third kappa shape index (κ3) is 2.58. The average Bonchev–Trinajstić information content (AvgIpc) is 2.61. The van der Waals surface area contributed by atoms with E-state index in [0.29, 0.717) is 0 Å². The van der Waals surface area contributed by atoms with E-state index in [9.17, 15) is 4.79 Å². The summed E-state index contributed by atoms with van der Waals surface area (Å²) in [6.07, 6.45) is 2.83. The Labute approximate surface area is 93.1 Å². The second kappa shape index (κ2) is 4.77. The molecule has 0 aromatic carbocycles. The lowest BCUT2D eigenvalue weighted by Crippen LogP contribution is -2.48. The second-order valence-corrected chi connectivity index (χ2v) is 4.94. The molecule has 1 aliphatic carbocycles. The minimum Gasteiger partial charge on any atom is -0.481 e. The zero-order chi connectivity index (χ0) is 10.7. The molecule has 1 saturated carbocycles. The number of carboxylic acid groups (broad SMARTS) is 1. The second-order valence-electron chi connectivity index (χ2n) is 3.91. The van der Waals surface area contributed by atoms with Crippen LogP contribution in [0.1, 0.15) is 17.7 Å². The number of nitrogens with one attached hydrogen (secondary N) is 1. The number of carbonyl (C=O) groups is 1. The van der Waals surface area contributed by atoms with Crippen LogP contribution in [-0.2, 0) is 11.2 Å². The van der Waals surface area contributed by atoms with Gasteiger partial charge in [-0.15, -0.1) is 11.3 Å². The predicted molar refractivity (Wildman–Crippen MR) is 60.2 cm³/mol. The Kier molecular flexibility index (Phi) is 3.38. The first-order valence-corrected chi connectivity index (χ1v) is 6.14. The number of rotatable bonds is 5. The fourth-order valence-electron chi connectivity index (χ4n) is 1.88. The van der Waals surface area contributed by atoms with Gasteiger partial charge in [-0.05, 0) is 30.7 Å². The number of aliphatic carboxylic acids is 1. The molecule has 0 saturated heterocycles. The van der Waals surface area contributed by atoms with Crippen molar-refractivity contribution in [1.82, 2.24) is 5.32 Å². The molecular formula is C11H15NO2S. The van der Waals surface area contributed by atoms with Gasteiger partial charge in [0.1, 0.15) is 0 Å². The fraction of sp³-hybridized carbons (Fsp3) is 0.545. The molecule has 0 spiro atoms. The van der Waals surface area contributed by atoms with Crippen molar-refractivity contribution >= 4 is 17.3 Å². The largest absolute Gasteiger partial charge is 0.481 e. The van der Waals surface area contributed by atoms with E-state index in [1.165, 1.54) is 4.88 Å². The lowest BCUT2D eigenvalue weighted by Gasteiger charge is -2.34. The van der Waals surface area contributed by atoms with Gasteiger partial charge in [0.2, 0.25) is 0 Å². The van der Waals surface area contributed by atoms with Crippen LogP contribution in [0.3, 0.4) is 0 Å². The summed E-state index contributed by atoms with van der Waals surface area (Å²) < 4.78 is 0. The van der Waals surface area contributed by atoms with Crippen LogP contribution in [-0.4, -0.2) is 23.7 Å². The Morgan fingerprint density at radius 3 is 3.00 bits per heavy atom. The molecule has 2 atom stereocenters. The van der Waals surface area contributed by atoms with E-state index in [2.05, 4.69) is 16.8 Å². The van der Waals surface area contributed by atoms with Crippen LogP contribution in [0.15, 0.2) is 17.5 Å². The van der Waals surface area contributed by atoms with Crippen LogP contribution in [0.5, 0.6) is 0 Å². The van der Waals surface area contributed by atoms with Gasteiger partial charge >= 0.3 is 5.97 Å². The van der Waals surface area contributed by atoms with E-state index in [4.69, 9.17) is 5.11 Å². The van der Waals surface area contributed by atoms with Gasteiger partial charge in [-0.3, -0.25) is 4.79 Å². The van der Waals surface area contributed by atoms with Crippen LogP contribution in [0.4, 0.5) is 0 Å². The number of hydrogen-bond acceptors (Lipinski definition) is 3. The third-order valence-electron chi connectivity index (χ3n) is 2.95. The lowest BCUT2D eigenvalue weighted by atomic mass is 9.79. The maximum absolute atomic E-state index is 10.7. The van der Waals surface area contributed by atoms with Crippen molar-refractivity contribution in [2.75, 3.05) is 6.54 Å². The van der Waals surface area contributed by atoms with Crippen molar-refractivity contribution < 1.29 is 9.90 Å². The van der Waals surface area contributed by atoms with Crippen LogP contribution >= 0.6 is 11.3 Å². The monoisotopic (exact) mass is 225 g/mol. The first-order valence-electron chi connectivity index (χ1n) is 5.26. The quantitative estimate of drug-likeness (QED) is 0.802. The van der Waals surface area contributed by atoms with Gasteiger partial charge in [0, 0.05) is 17.5 Å². The smallest absolute Gasteiger partial charge is 0.308 e. The van der Waals surface area contributed by atoms with Crippen molar-refractivity contribution in [3.05, 3.63) is 22.4 Å². The highest BCUT2D eigenvalue weighted by molar-refractivity contribution is 7.09. The maximum atomic E-state index is 10.7. The first-order chi connectivity index (χ1) is 7.27. The molecule has 15 heavy (non-hydrogen) atoms. The molecule has 4 heteroatoms. The molecule has 0 amide bonds. The molecule has 0 aliphatic heterocycles. The zero-order valence-electron chi connectivity index (χ0n) is 8.48. The Morgan fingerprint density at radius 1 is 1.60 bits per heavy atom. The van der Waals surface area contributed by atoms with Gasteiger partial charge < -0.3 is 10.4 Å². The molecular weight excluding hydrogens is 210 g/mol. The van der Waals surface area contributed by atoms with E-state index in [1.54, 1.807) is 11.3 Å². The molecule has 2 unspecified atom stereocenters. The van der Waals surface area contributed by atoms with Crippen molar-refractivity contribution in [3.63, 3.8) is 0 Å². The average molecular weight is 225 g/mol. The Hall–Kier alpha value is -0.870. The van der Waals surface area contributed by atoms with Gasteiger partial charge in [0.25, 0.3) is 0 Å². The maximum Gasteiger partial charge on any atom is 0.308 e. The van der Waals surface area contributed by atoms with Crippen molar-refractivity contribution in [2.24, 2.45) is 5.92 Å². The van der Waals surface area contributed by atoms with Gasteiger partial charge in [-0.25, -0.2) is 0 Å². The Balaban J connectivity index is 1.68. The zero-order valence-corrected chi connectivity index (χ0v) is 9.30. The van der Waals surface area contributed by atoms with E-state index in [1.807, 2.05) is 6.07 Å². The van der Waals surface area contributed by atoms with Crippen LogP contribution in [0.25, 0.3) is 0 Å². The van der Waals surface area contributed by atoms with Gasteiger partial charge in [-0.2, -0.15) is 0 Å². The summed E-state index contributed by atoms with van der Waals surface area (Å²) in [6.45, 7) is 0.884. The number of thiophene rings is 1. The molecule has 1 aliphatic rings. The summed E-state index contributed by atoms with van der Waals surface area (Å²) in [6, 6.07) is 4.35. The Bertz CT molecular complexity index is 323. The molecule has 1 aromatic rings. The first kappa shape index (κ1) is 10.6. The molecule has 2 N–H and O–H groups in total. The highest BCUT2D eigenvalue weighted by Gasteiger charge is 2.35. The lowest BCUT2D eigenvalue weighted by molar-refractivity contribution is -0.146. The fourth-order valence-corrected chi connectivity index (χ4v) is 2.58. The molecule has 3 nitrogen and oxygen atoms in total. The minimum atomic E-state index is -0.658. The third-order valence-corrected chi connectivity index (χ3v) is 3.89. The Morgan fingerprint density at radius 2 is 2.47 bits per heavy atom. The summed E-state index contributed by atoms with van der Waals surface area (Å²) in [5.41, 5.74) is 0. The molecule has 82 valence electrons. The summed E-state index contributed by atoms with van der Waals surface area (Å²) in [7, 11) is 0. The highest BCUT2D eigenvalue weighted by Crippen LogP contribution is 2.27. The highest BCUT2D eigenvalue weighted by atomic mass is 32.1. The van der Waals surface area contributed by atoms with Crippen LogP contribution in [0.2, 0.25) is 0 Å². The summed E-state index contributed by atoms with van der Waals surface area (Å²) in [4.78, 5) is 12.1. The van der Waals surface area contributed by atoms with E-state index in [-0.39, 0.29) is 12.0 Å². The standard InChI is InChI=1S/C11H15NO2S/c13-11(14)9-3-4-10(9)12-6-5-8-2-1-7-15-8/h1-2,7,9-10,12H,3-6H2,(H,13,14).